The molecule has 1 aliphatic carbocycles. The van der Waals surface area contributed by atoms with Crippen LogP contribution in [0.5, 0.6) is 0 Å². The van der Waals surface area contributed by atoms with Crippen molar-refractivity contribution in [1.82, 2.24) is 20.0 Å². The van der Waals surface area contributed by atoms with Gasteiger partial charge < -0.3 is 14.4 Å². The van der Waals surface area contributed by atoms with Gasteiger partial charge in [-0.15, -0.1) is 10.2 Å². The zero-order valence-corrected chi connectivity index (χ0v) is 13.5. The molecule has 0 aromatic carbocycles. The average molecular weight is 320 g/mol. The van der Waals surface area contributed by atoms with Gasteiger partial charge in [-0.1, -0.05) is 0 Å². The summed E-state index contributed by atoms with van der Waals surface area (Å²) in [6.45, 7) is 5.31. The second-order valence-corrected chi connectivity index (χ2v) is 7.21. The summed E-state index contributed by atoms with van der Waals surface area (Å²) >= 11 is 0. The zero-order chi connectivity index (χ0) is 16.0. The fourth-order valence-electron chi connectivity index (χ4n) is 4.56. The summed E-state index contributed by atoms with van der Waals surface area (Å²) in [5.41, 5.74) is 0. The minimum Gasteiger partial charge on any atom is -0.417 e. The van der Waals surface area contributed by atoms with Gasteiger partial charge in [0.2, 0.25) is 5.89 Å². The second-order valence-electron chi connectivity index (χ2n) is 7.21. The lowest BCUT2D eigenvalue weighted by atomic mass is 9.77. The SMILES string of the molecule is Cc1nnc(C(=O)N2C[C@H]3C[C@@H](N4CCCC4)[C@H](O)C[C@H]3C2)o1. The first-order valence-electron chi connectivity index (χ1n) is 8.63. The van der Waals surface area contributed by atoms with Gasteiger partial charge in [-0.2, -0.15) is 0 Å². The first-order valence-corrected chi connectivity index (χ1v) is 8.63. The summed E-state index contributed by atoms with van der Waals surface area (Å²) in [5, 5.41) is 18.1. The number of likely N-dealkylation sites (tertiary alicyclic amines) is 2. The van der Waals surface area contributed by atoms with Gasteiger partial charge in [-0.3, -0.25) is 9.69 Å². The number of aliphatic hydroxyl groups is 1. The van der Waals surface area contributed by atoms with E-state index in [1.54, 1.807) is 6.92 Å². The summed E-state index contributed by atoms with van der Waals surface area (Å²) in [6, 6.07) is 0.263. The van der Waals surface area contributed by atoms with Crippen molar-refractivity contribution in [2.45, 2.75) is 44.8 Å². The average Bonchev–Trinajstić information content (AvgIpc) is 3.25. The number of carbonyl (C=O) groups excluding carboxylic acids is 1. The van der Waals surface area contributed by atoms with Gasteiger partial charge in [-0.25, -0.2) is 0 Å². The number of aryl methyl sites for hydroxylation is 1. The highest BCUT2D eigenvalue weighted by molar-refractivity contribution is 5.89. The Morgan fingerprint density at radius 3 is 2.52 bits per heavy atom. The van der Waals surface area contributed by atoms with Crippen molar-refractivity contribution in [3.05, 3.63) is 11.8 Å². The van der Waals surface area contributed by atoms with E-state index in [0.29, 0.717) is 24.3 Å². The van der Waals surface area contributed by atoms with Gasteiger partial charge in [0.25, 0.3) is 0 Å². The third-order valence-electron chi connectivity index (χ3n) is 5.71. The molecule has 7 nitrogen and oxygen atoms in total. The maximum absolute atomic E-state index is 12.5. The zero-order valence-electron chi connectivity index (χ0n) is 13.5. The smallest absolute Gasteiger partial charge is 0.311 e. The number of hydrogen-bond donors (Lipinski definition) is 1. The Hall–Kier alpha value is -1.47. The van der Waals surface area contributed by atoms with Crippen molar-refractivity contribution in [2.24, 2.45) is 11.8 Å². The molecule has 1 aromatic rings. The summed E-state index contributed by atoms with van der Waals surface area (Å²) in [4.78, 5) is 16.7. The minimum atomic E-state index is -0.268. The molecule has 1 saturated carbocycles. The molecular formula is C16H24N4O3. The Balaban J connectivity index is 1.43. The van der Waals surface area contributed by atoms with Crippen LogP contribution in [-0.4, -0.2) is 69.3 Å². The van der Waals surface area contributed by atoms with Crippen molar-refractivity contribution in [3.8, 4) is 0 Å². The first-order chi connectivity index (χ1) is 11.1. The van der Waals surface area contributed by atoms with E-state index in [9.17, 15) is 9.90 Å². The summed E-state index contributed by atoms with van der Waals surface area (Å²) in [7, 11) is 0. The highest BCUT2D eigenvalue weighted by Crippen LogP contribution is 2.39. The molecule has 0 bridgehead atoms. The van der Waals surface area contributed by atoms with Crippen molar-refractivity contribution < 1.29 is 14.3 Å². The van der Waals surface area contributed by atoms with Crippen LogP contribution in [0.4, 0.5) is 0 Å². The molecule has 0 spiro atoms. The van der Waals surface area contributed by atoms with Crippen LogP contribution in [0.1, 0.15) is 42.3 Å². The molecule has 0 radical (unpaired) electrons. The largest absolute Gasteiger partial charge is 0.417 e. The van der Waals surface area contributed by atoms with Crippen LogP contribution in [0.25, 0.3) is 0 Å². The van der Waals surface area contributed by atoms with Gasteiger partial charge >= 0.3 is 11.8 Å². The lowest BCUT2D eigenvalue weighted by molar-refractivity contribution is -0.000864. The van der Waals surface area contributed by atoms with Crippen molar-refractivity contribution >= 4 is 5.91 Å². The third-order valence-corrected chi connectivity index (χ3v) is 5.71. The van der Waals surface area contributed by atoms with Crippen LogP contribution >= 0.6 is 0 Å². The Kier molecular flexibility index (Phi) is 3.85. The summed E-state index contributed by atoms with van der Waals surface area (Å²) in [6.07, 6.45) is 3.98. The predicted octanol–water partition coefficient (Wildman–Crippen LogP) is 0.685. The monoisotopic (exact) mass is 320 g/mol. The number of hydrogen-bond acceptors (Lipinski definition) is 6. The van der Waals surface area contributed by atoms with E-state index >= 15 is 0 Å². The third kappa shape index (κ3) is 2.76. The van der Waals surface area contributed by atoms with Crippen molar-refractivity contribution in [2.75, 3.05) is 26.2 Å². The number of aromatic nitrogens is 2. The molecule has 1 aromatic heterocycles. The number of aliphatic hydroxyl groups excluding tert-OH is 1. The number of fused-ring (bicyclic) bond motifs is 1. The molecule has 23 heavy (non-hydrogen) atoms. The van der Waals surface area contributed by atoms with Gasteiger partial charge in [0.15, 0.2) is 0 Å². The standard InChI is InChI=1S/C16H24N4O3/c1-10-17-18-15(23-10)16(22)20-8-11-6-13(19-4-2-3-5-19)14(21)7-12(11)9-20/h11-14,21H,2-9H2,1H3/t11-,12+,13-,14-/m1/s1. The molecule has 2 saturated heterocycles. The van der Waals surface area contributed by atoms with E-state index in [0.717, 1.165) is 32.5 Å². The van der Waals surface area contributed by atoms with Gasteiger partial charge in [0.05, 0.1) is 6.10 Å². The number of nitrogens with zero attached hydrogens (tertiary/aromatic N) is 4. The lowest BCUT2D eigenvalue weighted by Crippen LogP contribution is -2.48. The molecule has 3 aliphatic rings. The molecule has 7 heteroatoms. The number of amides is 1. The van der Waals surface area contributed by atoms with E-state index < -0.39 is 0 Å². The molecule has 4 atom stereocenters. The number of rotatable bonds is 2. The molecule has 1 N–H and O–H groups in total. The number of carbonyl (C=O) groups is 1. The van der Waals surface area contributed by atoms with Gasteiger partial charge in [0.1, 0.15) is 0 Å². The lowest BCUT2D eigenvalue weighted by Gasteiger charge is -2.40. The minimum absolute atomic E-state index is 0.0813. The highest BCUT2D eigenvalue weighted by Gasteiger charge is 2.45. The van der Waals surface area contributed by atoms with Crippen LogP contribution in [0, 0.1) is 18.8 Å². The highest BCUT2D eigenvalue weighted by atomic mass is 16.4. The quantitative estimate of drug-likeness (QED) is 0.863. The van der Waals surface area contributed by atoms with E-state index in [2.05, 4.69) is 15.1 Å². The summed E-state index contributed by atoms with van der Waals surface area (Å²) in [5.74, 6) is 1.17. The van der Waals surface area contributed by atoms with Crippen LogP contribution in [0.3, 0.4) is 0 Å². The van der Waals surface area contributed by atoms with Gasteiger partial charge in [0, 0.05) is 26.1 Å². The van der Waals surface area contributed by atoms with Crippen molar-refractivity contribution in [1.29, 1.82) is 0 Å². The molecule has 126 valence electrons. The van der Waals surface area contributed by atoms with E-state index in [-0.39, 0.29) is 23.9 Å². The Bertz CT molecular complexity index is 584. The Labute approximate surface area is 135 Å². The second kappa shape index (κ2) is 5.87. The molecule has 1 amide bonds. The molecular weight excluding hydrogens is 296 g/mol. The van der Waals surface area contributed by atoms with Crippen molar-refractivity contribution in [3.63, 3.8) is 0 Å². The Morgan fingerprint density at radius 1 is 1.17 bits per heavy atom. The first kappa shape index (κ1) is 15.1. The topological polar surface area (TPSA) is 82.7 Å². The molecule has 0 unspecified atom stereocenters. The van der Waals surface area contributed by atoms with Crippen LogP contribution in [-0.2, 0) is 0 Å². The van der Waals surface area contributed by atoms with Crippen LogP contribution in [0.2, 0.25) is 0 Å². The van der Waals surface area contributed by atoms with E-state index in [4.69, 9.17) is 4.42 Å². The predicted molar refractivity (Wildman–Crippen MR) is 81.8 cm³/mol. The van der Waals surface area contributed by atoms with E-state index in [1.807, 2.05) is 4.90 Å². The maximum atomic E-state index is 12.5. The van der Waals surface area contributed by atoms with Crippen LogP contribution in [0.15, 0.2) is 4.42 Å². The maximum Gasteiger partial charge on any atom is 0.311 e. The fraction of sp³-hybridized carbons (Fsp3) is 0.812. The molecule has 2 aliphatic heterocycles. The molecule has 3 heterocycles. The fourth-order valence-corrected chi connectivity index (χ4v) is 4.56. The molecule has 3 fully saturated rings. The Morgan fingerprint density at radius 2 is 1.87 bits per heavy atom. The normalized spacial score (nSPS) is 34.8. The summed E-state index contributed by atoms with van der Waals surface area (Å²) < 4.78 is 5.26. The van der Waals surface area contributed by atoms with E-state index in [1.165, 1.54) is 12.8 Å². The van der Waals surface area contributed by atoms with Gasteiger partial charge in [-0.05, 0) is 50.6 Å². The molecule has 4 rings (SSSR count). The van der Waals surface area contributed by atoms with Crippen LogP contribution < -0.4 is 0 Å².